The predicted molar refractivity (Wildman–Crippen MR) is 110 cm³/mol. The van der Waals surface area contributed by atoms with Crippen LogP contribution in [0.2, 0.25) is 10.0 Å². The van der Waals surface area contributed by atoms with Gasteiger partial charge < -0.3 is 15.0 Å². The predicted octanol–water partition coefficient (Wildman–Crippen LogP) is 3.00. The van der Waals surface area contributed by atoms with Crippen molar-refractivity contribution >= 4 is 58.3 Å². The average molecular weight is 421 g/mol. The van der Waals surface area contributed by atoms with Gasteiger partial charge in [-0.1, -0.05) is 47.5 Å². The second-order valence-electron chi connectivity index (χ2n) is 5.41. The molecule has 0 bridgehead atoms. The van der Waals surface area contributed by atoms with Gasteiger partial charge in [0.1, 0.15) is 10.4 Å². The maximum absolute atomic E-state index is 12.2. The van der Waals surface area contributed by atoms with Crippen molar-refractivity contribution in [2.45, 2.75) is 0 Å². The molecule has 0 aliphatic rings. The third kappa shape index (κ3) is 4.60. The number of hydrogen-bond acceptors (Lipinski definition) is 4. The number of carbonyl (C=O) groups is 1. The Balaban J connectivity index is 1.92. The smallest absolute Gasteiger partial charge is 0.266 e. The SMILES string of the molecule is COc1ccccc1NC(=O)/C=c1\[nH]c(=O)/c(=C\c2cccc(Cl)c2Cl)s1. The van der Waals surface area contributed by atoms with Crippen LogP contribution in [-0.2, 0) is 4.79 Å². The summed E-state index contributed by atoms with van der Waals surface area (Å²) in [6.07, 6.45) is 2.95. The summed E-state index contributed by atoms with van der Waals surface area (Å²) in [5.74, 6) is 0.160. The van der Waals surface area contributed by atoms with E-state index in [0.29, 0.717) is 36.2 Å². The maximum Gasteiger partial charge on any atom is 0.266 e. The van der Waals surface area contributed by atoms with E-state index >= 15 is 0 Å². The van der Waals surface area contributed by atoms with Gasteiger partial charge in [0.05, 0.1) is 27.4 Å². The van der Waals surface area contributed by atoms with E-state index in [9.17, 15) is 9.59 Å². The first-order chi connectivity index (χ1) is 13.0. The molecule has 1 heterocycles. The zero-order valence-electron chi connectivity index (χ0n) is 14.1. The molecule has 0 spiro atoms. The number of halogens is 2. The van der Waals surface area contributed by atoms with Crippen LogP contribution in [0.4, 0.5) is 5.69 Å². The standard InChI is InChI=1S/C19H14Cl2N2O3S/c1-26-14-8-3-2-7-13(14)22-16(24)10-17-23-19(25)15(27-17)9-11-5-4-6-12(20)18(11)21/h2-10H,1H3,(H,22,24)(H,23,25)/b15-9+,17-10+. The Bertz CT molecular complexity index is 1170. The van der Waals surface area contributed by atoms with Crippen molar-refractivity contribution in [3.05, 3.63) is 77.6 Å². The first kappa shape index (κ1) is 19.2. The van der Waals surface area contributed by atoms with E-state index in [1.807, 2.05) is 0 Å². The number of aromatic amines is 1. The molecule has 2 aromatic carbocycles. The number of benzene rings is 2. The number of amides is 1. The molecule has 27 heavy (non-hydrogen) atoms. The van der Waals surface area contributed by atoms with Crippen molar-refractivity contribution in [3.8, 4) is 5.75 Å². The summed E-state index contributed by atoms with van der Waals surface area (Å²) >= 11 is 13.3. The van der Waals surface area contributed by atoms with Crippen molar-refractivity contribution < 1.29 is 9.53 Å². The second-order valence-corrected chi connectivity index (χ2v) is 7.27. The van der Waals surface area contributed by atoms with Crippen molar-refractivity contribution in [1.82, 2.24) is 4.98 Å². The van der Waals surface area contributed by atoms with Crippen molar-refractivity contribution in [1.29, 1.82) is 0 Å². The van der Waals surface area contributed by atoms with Crippen molar-refractivity contribution in [2.24, 2.45) is 0 Å². The van der Waals surface area contributed by atoms with E-state index < -0.39 is 0 Å². The first-order valence-corrected chi connectivity index (χ1v) is 9.36. The molecule has 0 fully saturated rings. The van der Waals surface area contributed by atoms with Crippen LogP contribution in [0.3, 0.4) is 0 Å². The first-order valence-electron chi connectivity index (χ1n) is 7.78. The summed E-state index contributed by atoms with van der Waals surface area (Å²) in [7, 11) is 1.52. The maximum atomic E-state index is 12.2. The average Bonchev–Trinajstić information content (AvgIpc) is 2.98. The molecule has 3 aromatic rings. The molecule has 8 heteroatoms. The molecule has 0 radical (unpaired) electrons. The van der Waals surface area contributed by atoms with Crippen LogP contribution in [-0.4, -0.2) is 18.0 Å². The fourth-order valence-corrected chi connectivity index (χ4v) is 3.57. The van der Waals surface area contributed by atoms with Crippen LogP contribution in [0.5, 0.6) is 5.75 Å². The van der Waals surface area contributed by atoms with Gasteiger partial charge >= 0.3 is 0 Å². The minimum Gasteiger partial charge on any atom is -0.495 e. The van der Waals surface area contributed by atoms with Gasteiger partial charge in [0, 0.05) is 6.08 Å². The summed E-state index contributed by atoms with van der Waals surface area (Å²) in [4.78, 5) is 27.1. The Morgan fingerprint density at radius 2 is 1.96 bits per heavy atom. The number of aromatic nitrogens is 1. The lowest BCUT2D eigenvalue weighted by atomic mass is 10.2. The van der Waals surface area contributed by atoms with Crippen molar-refractivity contribution in [2.75, 3.05) is 12.4 Å². The Kier molecular flexibility index (Phi) is 6.01. The highest BCUT2D eigenvalue weighted by Crippen LogP contribution is 2.25. The summed E-state index contributed by atoms with van der Waals surface area (Å²) in [5.41, 5.74) is 0.853. The molecule has 0 saturated carbocycles. The highest BCUT2D eigenvalue weighted by molar-refractivity contribution is 7.07. The fourth-order valence-electron chi connectivity index (χ4n) is 2.33. The molecule has 3 rings (SSSR count). The molecule has 0 aliphatic heterocycles. The van der Waals surface area contributed by atoms with Crippen LogP contribution >= 0.6 is 34.5 Å². The molecule has 1 aromatic heterocycles. The van der Waals surface area contributed by atoms with Gasteiger partial charge in [-0.05, 0) is 29.8 Å². The van der Waals surface area contributed by atoms with Crippen LogP contribution in [0.15, 0.2) is 47.3 Å². The quantitative estimate of drug-likeness (QED) is 0.681. The third-order valence-corrected chi connectivity index (χ3v) is 5.37. The fraction of sp³-hybridized carbons (Fsp3) is 0.0526. The number of thiazole rings is 1. The second kappa shape index (κ2) is 8.43. The van der Waals surface area contributed by atoms with Gasteiger partial charge in [-0.25, -0.2) is 0 Å². The Hall–Kier alpha value is -2.54. The molecule has 2 N–H and O–H groups in total. The van der Waals surface area contributed by atoms with Gasteiger partial charge in [-0.2, -0.15) is 0 Å². The lowest BCUT2D eigenvalue weighted by Crippen LogP contribution is -2.20. The molecule has 138 valence electrons. The number of ether oxygens (including phenoxy) is 1. The molecule has 0 atom stereocenters. The summed E-state index contributed by atoms with van der Waals surface area (Å²) in [5, 5.41) is 3.49. The Morgan fingerprint density at radius 3 is 2.74 bits per heavy atom. The lowest BCUT2D eigenvalue weighted by Gasteiger charge is -2.07. The normalized spacial score (nSPS) is 12.3. The van der Waals surface area contributed by atoms with E-state index in [4.69, 9.17) is 27.9 Å². The number of nitrogens with one attached hydrogen (secondary N) is 2. The minimum atomic E-state index is -0.385. The summed E-state index contributed by atoms with van der Waals surface area (Å²) in [6, 6.07) is 12.2. The monoisotopic (exact) mass is 420 g/mol. The summed E-state index contributed by atoms with van der Waals surface area (Å²) in [6.45, 7) is 0. The van der Waals surface area contributed by atoms with Crippen molar-refractivity contribution in [3.63, 3.8) is 0 Å². The molecule has 0 aliphatic carbocycles. The topological polar surface area (TPSA) is 71.2 Å². The highest BCUT2D eigenvalue weighted by Gasteiger charge is 2.06. The van der Waals surface area contributed by atoms with Gasteiger partial charge in [-0.3, -0.25) is 9.59 Å². The van der Waals surface area contributed by atoms with E-state index in [-0.39, 0.29) is 11.5 Å². The molecular formula is C19H14Cl2N2O3S. The Morgan fingerprint density at radius 1 is 1.19 bits per heavy atom. The number of anilines is 1. The zero-order chi connectivity index (χ0) is 19.4. The lowest BCUT2D eigenvalue weighted by molar-refractivity contribution is -0.110. The van der Waals surface area contributed by atoms with Gasteiger partial charge in [-0.15, -0.1) is 11.3 Å². The highest BCUT2D eigenvalue weighted by atomic mass is 35.5. The van der Waals surface area contributed by atoms with Crippen LogP contribution in [0.1, 0.15) is 5.56 Å². The van der Waals surface area contributed by atoms with Crippen LogP contribution < -0.4 is 24.8 Å². The zero-order valence-corrected chi connectivity index (χ0v) is 16.4. The van der Waals surface area contributed by atoms with E-state index in [2.05, 4.69) is 10.3 Å². The number of para-hydroxylation sites is 2. The number of hydrogen-bond donors (Lipinski definition) is 2. The van der Waals surface area contributed by atoms with Gasteiger partial charge in [0.2, 0.25) is 0 Å². The molecule has 5 nitrogen and oxygen atoms in total. The Labute approximate surface area is 168 Å². The third-order valence-electron chi connectivity index (χ3n) is 3.58. The molecule has 1 amide bonds. The van der Waals surface area contributed by atoms with E-state index in [0.717, 1.165) is 11.3 Å². The number of methoxy groups -OCH3 is 1. The van der Waals surface area contributed by atoms with E-state index in [1.54, 1.807) is 48.5 Å². The minimum absolute atomic E-state index is 0.313. The van der Waals surface area contributed by atoms with Crippen LogP contribution in [0.25, 0.3) is 12.2 Å². The molecule has 0 unspecified atom stereocenters. The number of carbonyl (C=O) groups excluding carboxylic acids is 1. The van der Waals surface area contributed by atoms with Gasteiger partial charge in [0.25, 0.3) is 11.5 Å². The number of rotatable bonds is 4. The molecule has 0 saturated heterocycles. The van der Waals surface area contributed by atoms with Crippen LogP contribution in [0, 0.1) is 0 Å². The number of H-pyrrole nitrogens is 1. The largest absolute Gasteiger partial charge is 0.495 e. The summed E-state index contributed by atoms with van der Waals surface area (Å²) < 4.78 is 6.02. The van der Waals surface area contributed by atoms with E-state index in [1.165, 1.54) is 13.2 Å². The van der Waals surface area contributed by atoms with Gasteiger partial charge in [0.15, 0.2) is 0 Å². The molecular weight excluding hydrogens is 407 g/mol.